The van der Waals surface area contributed by atoms with Crippen LogP contribution in [0.2, 0.25) is 0 Å². The molecule has 1 atom stereocenters. The van der Waals surface area contributed by atoms with E-state index in [1.165, 1.54) is 0 Å². The van der Waals surface area contributed by atoms with Crippen molar-refractivity contribution in [3.8, 4) is 0 Å². The molecule has 17 heavy (non-hydrogen) atoms. The largest absolute Gasteiger partial charge is 0.478 e. The molecule has 1 fully saturated rings. The Morgan fingerprint density at radius 1 is 1.41 bits per heavy atom. The zero-order valence-corrected chi connectivity index (χ0v) is 9.00. The summed E-state index contributed by atoms with van der Waals surface area (Å²) in [4.78, 5) is 20.4. The van der Waals surface area contributed by atoms with E-state index in [9.17, 15) is 9.59 Å². The van der Waals surface area contributed by atoms with Gasteiger partial charge in [-0.15, -0.1) is 0 Å². The van der Waals surface area contributed by atoms with Crippen molar-refractivity contribution in [2.75, 3.05) is 13.2 Å². The zero-order valence-electron chi connectivity index (χ0n) is 9.00. The van der Waals surface area contributed by atoms with E-state index < -0.39 is 12.1 Å². The van der Waals surface area contributed by atoms with E-state index in [0.717, 1.165) is 0 Å². The van der Waals surface area contributed by atoms with E-state index in [4.69, 9.17) is 10.2 Å². The fourth-order valence-corrected chi connectivity index (χ4v) is 1.11. The minimum atomic E-state index is -0.879. The van der Waals surface area contributed by atoms with E-state index >= 15 is 0 Å². The molecular formula is C11H13NO5. The van der Waals surface area contributed by atoms with Gasteiger partial charge < -0.3 is 20.3 Å². The number of carboxylic acids is 1. The molecule has 6 nitrogen and oxygen atoms in total. The molecule has 0 bridgehead atoms. The Hall–Kier alpha value is -2.08. The van der Waals surface area contributed by atoms with Crippen LogP contribution in [0.25, 0.3) is 0 Å². The summed E-state index contributed by atoms with van der Waals surface area (Å²) in [5.74, 6) is -0.879. The molecule has 1 heterocycles. The van der Waals surface area contributed by atoms with Crippen LogP contribution in [-0.2, 0) is 4.74 Å². The number of cyclic esters (lactones) is 1. The normalized spacial score (nSPS) is 17.5. The van der Waals surface area contributed by atoms with Crippen LogP contribution >= 0.6 is 0 Å². The SMILES string of the molecule is O=C(O)c1ccccc1.O=C1NC(CO)CO1. The number of hydrogen-bond donors (Lipinski definition) is 3. The summed E-state index contributed by atoms with van der Waals surface area (Å²) in [5, 5.41) is 19.2. The maximum absolute atomic E-state index is 10.2. The number of carbonyl (C=O) groups excluding carboxylic acids is 1. The van der Waals surface area contributed by atoms with Gasteiger partial charge in [0.1, 0.15) is 6.61 Å². The minimum absolute atomic E-state index is 0.0499. The number of aromatic carboxylic acids is 1. The first kappa shape index (κ1) is 13.0. The van der Waals surface area contributed by atoms with Crippen molar-refractivity contribution >= 4 is 12.1 Å². The van der Waals surface area contributed by atoms with Crippen LogP contribution in [0.5, 0.6) is 0 Å². The third-order valence-corrected chi connectivity index (χ3v) is 1.98. The molecule has 1 aromatic carbocycles. The zero-order chi connectivity index (χ0) is 12.7. The molecule has 1 amide bonds. The lowest BCUT2D eigenvalue weighted by Gasteiger charge is -1.97. The van der Waals surface area contributed by atoms with E-state index in [-0.39, 0.29) is 19.3 Å². The van der Waals surface area contributed by atoms with Crippen molar-refractivity contribution < 1.29 is 24.5 Å². The lowest BCUT2D eigenvalue weighted by atomic mass is 10.2. The second-order valence-electron chi connectivity index (χ2n) is 3.29. The van der Waals surface area contributed by atoms with Gasteiger partial charge in [-0.3, -0.25) is 0 Å². The highest BCUT2D eigenvalue weighted by atomic mass is 16.6. The molecule has 92 valence electrons. The van der Waals surface area contributed by atoms with Crippen LogP contribution in [0.3, 0.4) is 0 Å². The number of nitrogens with one attached hydrogen (secondary N) is 1. The molecule has 0 radical (unpaired) electrons. The predicted molar refractivity (Wildman–Crippen MR) is 58.8 cm³/mol. The molecule has 6 heteroatoms. The lowest BCUT2D eigenvalue weighted by Crippen LogP contribution is -2.29. The van der Waals surface area contributed by atoms with Gasteiger partial charge in [0.2, 0.25) is 0 Å². The fraction of sp³-hybridized carbons (Fsp3) is 0.273. The molecule has 1 aromatic rings. The lowest BCUT2D eigenvalue weighted by molar-refractivity contribution is 0.0697. The van der Waals surface area contributed by atoms with Crippen LogP contribution in [-0.4, -0.2) is 41.5 Å². The molecule has 1 unspecified atom stereocenters. The fourth-order valence-electron chi connectivity index (χ4n) is 1.11. The molecule has 0 spiro atoms. The van der Waals surface area contributed by atoms with Gasteiger partial charge >= 0.3 is 12.1 Å². The van der Waals surface area contributed by atoms with Gasteiger partial charge in [0, 0.05) is 0 Å². The summed E-state index contributed by atoms with van der Waals surface area (Å²) in [5.41, 5.74) is 0.331. The summed E-state index contributed by atoms with van der Waals surface area (Å²) in [6.45, 7) is 0.237. The number of aliphatic hydroxyl groups excluding tert-OH is 1. The van der Waals surface area contributed by atoms with Gasteiger partial charge in [0.25, 0.3) is 0 Å². The van der Waals surface area contributed by atoms with E-state index in [1.54, 1.807) is 30.3 Å². The van der Waals surface area contributed by atoms with Crippen molar-refractivity contribution in [1.29, 1.82) is 0 Å². The standard InChI is InChI=1S/C7H6O2.C4H7NO3/c8-7(9)6-4-2-1-3-5-6;6-1-3-2-8-4(7)5-3/h1-5H,(H,8,9);3,6H,1-2H2,(H,5,7). The number of alkyl carbamates (subject to hydrolysis) is 1. The van der Waals surface area contributed by atoms with Crippen LogP contribution in [0.4, 0.5) is 4.79 Å². The Morgan fingerprint density at radius 2 is 2.06 bits per heavy atom. The second kappa shape index (κ2) is 6.49. The summed E-state index contributed by atoms with van der Waals surface area (Å²) in [7, 11) is 0. The maximum atomic E-state index is 10.2. The molecule has 2 rings (SSSR count). The first-order valence-corrected chi connectivity index (χ1v) is 4.96. The van der Waals surface area contributed by atoms with Gasteiger partial charge in [-0.25, -0.2) is 9.59 Å². The van der Waals surface area contributed by atoms with Crippen LogP contribution in [0.1, 0.15) is 10.4 Å². The number of rotatable bonds is 2. The Balaban J connectivity index is 0.000000171. The highest BCUT2D eigenvalue weighted by Gasteiger charge is 2.20. The van der Waals surface area contributed by atoms with Crippen molar-refractivity contribution in [2.45, 2.75) is 6.04 Å². The average molecular weight is 239 g/mol. The minimum Gasteiger partial charge on any atom is -0.478 e. The van der Waals surface area contributed by atoms with Gasteiger partial charge in [-0.05, 0) is 12.1 Å². The number of amides is 1. The van der Waals surface area contributed by atoms with Crippen LogP contribution < -0.4 is 5.32 Å². The quantitative estimate of drug-likeness (QED) is 0.697. The summed E-state index contributed by atoms with van der Waals surface area (Å²) in [6.07, 6.45) is -0.441. The highest BCUT2D eigenvalue weighted by Crippen LogP contribution is 1.96. The molecule has 1 aliphatic heterocycles. The summed E-state index contributed by atoms with van der Waals surface area (Å²) >= 11 is 0. The number of hydrogen-bond acceptors (Lipinski definition) is 4. The first-order chi connectivity index (χ1) is 8.13. The molecular weight excluding hydrogens is 226 g/mol. The molecule has 1 aliphatic rings. The van der Waals surface area contributed by atoms with Gasteiger partial charge in [0.05, 0.1) is 18.2 Å². The number of carboxylic acid groups (broad SMARTS) is 1. The Morgan fingerprint density at radius 3 is 2.35 bits per heavy atom. The number of carbonyl (C=O) groups is 2. The highest BCUT2D eigenvalue weighted by molar-refractivity contribution is 5.87. The third kappa shape index (κ3) is 4.52. The summed E-state index contributed by atoms with van der Waals surface area (Å²) in [6, 6.07) is 8.10. The Bertz CT molecular complexity index is 379. The van der Waals surface area contributed by atoms with Gasteiger partial charge in [-0.2, -0.15) is 0 Å². The smallest absolute Gasteiger partial charge is 0.407 e. The van der Waals surface area contributed by atoms with Gasteiger partial charge in [-0.1, -0.05) is 18.2 Å². The molecule has 3 N–H and O–H groups in total. The first-order valence-electron chi connectivity index (χ1n) is 4.96. The average Bonchev–Trinajstić information content (AvgIpc) is 2.77. The van der Waals surface area contributed by atoms with Crippen LogP contribution in [0, 0.1) is 0 Å². The van der Waals surface area contributed by atoms with Crippen molar-refractivity contribution in [3.63, 3.8) is 0 Å². The predicted octanol–water partition coefficient (Wildman–Crippen LogP) is 0.472. The van der Waals surface area contributed by atoms with E-state index in [2.05, 4.69) is 10.1 Å². The van der Waals surface area contributed by atoms with E-state index in [0.29, 0.717) is 5.56 Å². The van der Waals surface area contributed by atoms with Crippen LogP contribution in [0.15, 0.2) is 30.3 Å². The third-order valence-electron chi connectivity index (χ3n) is 1.98. The molecule has 0 aliphatic carbocycles. The Kier molecular flexibility index (Phi) is 4.96. The van der Waals surface area contributed by atoms with E-state index in [1.807, 2.05) is 0 Å². The monoisotopic (exact) mass is 239 g/mol. The van der Waals surface area contributed by atoms with Crippen molar-refractivity contribution in [3.05, 3.63) is 35.9 Å². The molecule has 0 aromatic heterocycles. The maximum Gasteiger partial charge on any atom is 0.407 e. The molecule has 1 saturated heterocycles. The van der Waals surface area contributed by atoms with Crippen molar-refractivity contribution in [1.82, 2.24) is 5.32 Å². The van der Waals surface area contributed by atoms with Gasteiger partial charge in [0.15, 0.2) is 0 Å². The number of aliphatic hydroxyl groups is 1. The number of ether oxygens (including phenoxy) is 1. The molecule has 0 saturated carbocycles. The topological polar surface area (TPSA) is 95.9 Å². The summed E-state index contributed by atoms with van der Waals surface area (Å²) < 4.78 is 4.45. The second-order valence-corrected chi connectivity index (χ2v) is 3.29. The Labute approximate surface area is 97.8 Å². The number of benzene rings is 1. The van der Waals surface area contributed by atoms with Crippen molar-refractivity contribution in [2.24, 2.45) is 0 Å².